The van der Waals surface area contributed by atoms with Gasteiger partial charge < -0.3 is 0 Å². The molecule has 1 atom stereocenters. The highest BCUT2D eigenvalue weighted by molar-refractivity contribution is 7.89. The first-order valence-electron chi connectivity index (χ1n) is 6.49. The molecular weight excluding hydrogens is 267 g/mol. The van der Waals surface area contributed by atoms with Crippen LogP contribution in [-0.4, -0.2) is 39.0 Å². The van der Waals surface area contributed by atoms with Gasteiger partial charge in [-0.1, -0.05) is 12.1 Å². The van der Waals surface area contributed by atoms with Crippen LogP contribution in [0.2, 0.25) is 0 Å². The highest BCUT2D eigenvalue weighted by atomic mass is 32.2. The molecule has 6 heteroatoms. The monoisotopic (exact) mass is 286 g/mol. The van der Waals surface area contributed by atoms with Crippen molar-refractivity contribution >= 4 is 10.0 Å². The number of benzene rings is 1. The molecule has 106 valence electrons. The van der Waals surface area contributed by atoms with Crippen molar-refractivity contribution < 1.29 is 12.8 Å². The van der Waals surface area contributed by atoms with Crippen molar-refractivity contribution in [1.82, 2.24) is 9.62 Å². The Bertz CT molecular complexity index is 527. The lowest BCUT2D eigenvalue weighted by atomic mass is 10.3. The predicted octanol–water partition coefficient (Wildman–Crippen LogP) is 1.59. The zero-order valence-electron chi connectivity index (χ0n) is 11.0. The van der Waals surface area contributed by atoms with E-state index < -0.39 is 15.8 Å². The summed E-state index contributed by atoms with van der Waals surface area (Å²) in [6.45, 7) is 4.29. The summed E-state index contributed by atoms with van der Waals surface area (Å²) >= 11 is 0. The first-order valence-corrected chi connectivity index (χ1v) is 7.97. The van der Waals surface area contributed by atoms with Crippen LogP contribution in [0.15, 0.2) is 29.2 Å². The molecule has 1 aromatic carbocycles. The van der Waals surface area contributed by atoms with Crippen LogP contribution >= 0.6 is 0 Å². The van der Waals surface area contributed by atoms with Gasteiger partial charge in [0, 0.05) is 12.6 Å². The topological polar surface area (TPSA) is 49.4 Å². The van der Waals surface area contributed by atoms with E-state index in [0.717, 1.165) is 32.0 Å². The number of nitrogens with one attached hydrogen (secondary N) is 1. The lowest BCUT2D eigenvalue weighted by molar-refractivity contribution is 0.260. The third-order valence-electron chi connectivity index (χ3n) is 3.46. The lowest BCUT2D eigenvalue weighted by Crippen LogP contribution is -2.40. The van der Waals surface area contributed by atoms with Crippen molar-refractivity contribution in [1.29, 1.82) is 0 Å². The first kappa shape index (κ1) is 14.4. The molecule has 4 nitrogen and oxygen atoms in total. The number of sulfonamides is 1. The second-order valence-corrected chi connectivity index (χ2v) is 6.61. The van der Waals surface area contributed by atoms with E-state index in [4.69, 9.17) is 0 Å². The summed E-state index contributed by atoms with van der Waals surface area (Å²) in [5, 5.41) is 0. The van der Waals surface area contributed by atoms with E-state index in [1.54, 1.807) is 0 Å². The van der Waals surface area contributed by atoms with Crippen molar-refractivity contribution in [2.24, 2.45) is 0 Å². The van der Waals surface area contributed by atoms with Crippen molar-refractivity contribution in [3.8, 4) is 0 Å². The van der Waals surface area contributed by atoms with E-state index in [9.17, 15) is 12.8 Å². The Balaban J connectivity index is 2.00. The summed E-state index contributed by atoms with van der Waals surface area (Å²) in [6.07, 6.45) is 2.31. The van der Waals surface area contributed by atoms with Crippen LogP contribution in [0.1, 0.15) is 19.8 Å². The summed E-state index contributed by atoms with van der Waals surface area (Å²) in [7, 11) is -3.77. The van der Waals surface area contributed by atoms with Gasteiger partial charge in [-0.05, 0) is 45.0 Å². The fourth-order valence-corrected chi connectivity index (χ4v) is 3.48. The summed E-state index contributed by atoms with van der Waals surface area (Å²) < 4.78 is 40.0. The molecule has 1 heterocycles. The van der Waals surface area contributed by atoms with E-state index in [1.165, 1.54) is 18.2 Å². The maximum Gasteiger partial charge on any atom is 0.243 e. The molecule has 1 fully saturated rings. The fourth-order valence-electron chi connectivity index (χ4n) is 2.28. The largest absolute Gasteiger partial charge is 0.299 e. The van der Waals surface area contributed by atoms with Gasteiger partial charge in [-0.2, -0.15) is 0 Å². The Morgan fingerprint density at radius 3 is 2.58 bits per heavy atom. The zero-order valence-corrected chi connectivity index (χ0v) is 11.8. The van der Waals surface area contributed by atoms with Gasteiger partial charge in [-0.25, -0.2) is 17.5 Å². The number of nitrogens with zero attached hydrogens (tertiary/aromatic N) is 1. The van der Waals surface area contributed by atoms with E-state index in [2.05, 4.69) is 9.62 Å². The average Bonchev–Trinajstić information content (AvgIpc) is 2.90. The Morgan fingerprint density at radius 2 is 1.95 bits per heavy atom. The Kier molecular flexibility index (Phi) is 4.54. The second-order valence-electron chi connectivity index (χ2n) is 4.87. The normalized spacial score (nSPS) is 18.6. The maximum absolute atomic E-state index is 13.5. The molecule has 1 aliphatic heterocycles. The summed E-state index contributed by atoms with van der Waals surface area (Å²) in [4.78, 5) is 1.95. The molecule has 0 amide bonds. The molecule has 0 aromatic heterocycles. The van der Waals surface area contributed by atoms with Crippen molar-refractivity contribution in [2.75, 3.05) is 19.6 Å². The van der Waals surface area contributed by atoms with Crippen LogP contribution in [-0.2, 0) is 10.0 Å². The summed E-state index contributed by atoms with van der Waals surface area (Å²) in [5.41, 5.74) is 0. The SMILES string of the molecule is CC(CNS(=O)(=O)c1ccccc1F)N1CCCC1. The molecule has 1 saturated heterocycles. The van der Waals surface area contributed by atoms with Gasteiger partial charge in [0.25, 0.3) is 0 Å². The molecule has 19 heavy (non-hydrogen) atoms. The minimum atomic E-state index is -3.77. The number of rotatable bonds is 5. The third kappa shape index (κ3) is 3.52. The second kappa shape index (κ2) is 5.98. The Labute approximate surface area is 113 Å². The number of hydrogen-bond donors (Lipinski definition) is 1. The molecule has 1 aromatic rings. The predicted molar refractivity (Wildman–Crippen MR) is 71.9 cm³/mol. The zero-order chi connectivity index (χ0) is 13.9. The van der Waals surface area contributed by atoms with Crippen LogP contribution in [0, 0.1) is 5.82 Å². The summed E-state index contributed by atoms with van der Waals surface area (Å²) in [5.74, 6) is -0.719. The van der Waals surface area contributed by atoms with Gasteiger partial charge in [0.1, 0.15) is 10.7 Å². The molecule has 0 bridgehead atoms. The Morgan fingerprint density at radius 1 is 1.32 bits per heavy atom. The van der Waals surface area contributed by atoms with Crippen LogP contribution < -0.4 is 4.72 Å². The molecule has 0 radical (unpaired) electrons. The fraction of sp³-hybridized carbons (Fsp3) is 0.538. The molecule has 0 saturated carbocycles. The van der Waals surface area contributed by atoms with Crippen LogP contribution in [0.25, 0.3) is 0 Å². The minimum Gasteiger partial charge on any atom is -0.299 e. The minimum absolute atomic E-state index is 0.129. The number of hydrogen-bond acceptors (Lipinski definition) is 3. The van der Waals surface area contributed by atoms with E-state index >= 15 is 0 Å². The molecule has 1 aliphatic rings. The third-order valence-corrected chi connectivity index (χ3v) is 4.92. The first-order chi connectivity index (χ1) is 9.00. The van der Waals surface area contributed by atoms with Crippen molar-refractivity contribution in [3.05, 3.63) is 30.1 Å². The Hall–Kier alpha value is -0.980. The van der Waals surface area contributed by atoms with E-state index in [1.807, 2.05) is 6.92 Å². The maximum atomic E-state index is 13.5. The molecule has 1 N–H and O–H groups in total. The van der Waals surface area contributed by atoms with Gasteiger partial charge >= 0.3 is 0 Å². The van der Waals surface area contributed by atoms with Gasteiger partial charge in [0.15, 0.2) is 0 Å². The van der Waals surface area contributed by atoms with Gasteiger partial charge in [-0.3, -0.25) is 4.90 Å². The quantitative estimate of drug-likeness (QED) is 0.894. The molecule has 0 spiro atoms. The van der Waals surface area contributed by atoms with Crippen LogP contribution in [0.3, 0.4) is 0 Å². The number of halogens is 1. The molecule has 0 aliphatic carbocycles. The lowest BCUT2D eigenvalue weighted by Gasteiger charge is -2.23. The molecular formula is C13H19FN2O2S. The standard InChI is InChI=1S/C13H19FN2O2S/c1-11(16-8-4-5-9-16)10-15-19(17,18)13-7-3-2-6-12(13)14/h2-3,6-7,11,15H,4-5,8-10H2,1H3. The highest BCUT2D eigenvalue weighted by Crippen LogP contribution is 2.14. The van der Waals surface area contributed by atoms with E-state index in [0.29, 0.717) is 6.54 Å². The number of likely N-dealkylation sites (tertiary alicyclic amines) is 1. The summed E-state index contributed by atoms with van der Waals surface area (Å²) in [6, 6.07) is 5.54. The highest BCUT2D eigenvalue weighted by Gasteiger charge is 2.22. The van der Waals surface area contributed by atoms with Crippen molar-refractivity contribution in [3.63, 3.8) is 0 Å². The van der Waals surface area contributed by atoms with Gasteiger partial charge in [-0.15, -0.1) is 0 Å². The van der Waals surface area contributed by atoms with Crippen molar-refractivity contribution in [2.45, 2.75) is 30.7 Å². The smallest absolute Gasteiger partial charge is 0.243 e. The van der Waals surface area contributed by atoms with E-state index in [-0.39, 0.29) is 10.9 Å². The van der Waals surface area contributed by atoms with Gasteiger partial charge in [0.2, 0.25) is 10.0 Å². The average molecular weight is 286 g/mol. The molecule has 2 rings (SSSR count). The molecule has 1 unspecified atom stereocenters. The van der Waals surface area contributed by atoms with Gasteiger partial charge in [0.05, 0.1) is 0 Å². The van der Waals surface area contributed by atoms with Crippen LogP contribution in [0.5, 0.6) is 0 Å². The van der Waals surface area contributed by atoms with Crippen LogP contribution in [0.4, 0.5) is 4.39 Å².